The Labute approximate surface area is 105 Å². The fraction of sp³-hybridized carbons (Fsp3) is 0.417. The molecule has 0 aliphatic rings. The first-order valence-electron chi connectivity index (χ1n) is 5.57. The minimum Gasteiger partial charge on any atom is -0.462 e. The minimum absolute atomic E-state index is 0.540. The van der Waals surface area contributed by atoms with Gasteiger partial charge >= 0.3 is 0 Å². The van der Waals surface area contributed by atoms with Crippen molar-refractivity contribution in [1.82, 2.24) is 10.3 Å². The van der Waals surface area contributed by atoms with Crippen LogP contribution in [0.3, 0.4) is 0 Å². The quantitative estimate of drug-likeness (QED) is 0.858. The number of aromatic nitrogens is 1. The molecule has 0 spiro atoms. The zero-order valence-electron chi connectivity index (χ0n) is 10.0. The molecule has 17 heavy (non-hydrogen) atoms. The molecule has 0 radical (unpaired) electrons. The predicted molar refractivity (Wildman–Crippen MR) is 67.9 cm³/mol. The highest BCUT2D eigenvalue weighted by molar-refractivity contribution is 7.15. The topological polar surface area (TPSA) is 47.3 Å². The van der Waals surface area contributed by atoms with Gasteiger partial charge in [0.25, 0.3) is 0 Å². The molecule has 0 saturated heterocycles. The average molecular weight is 252 g/mol. The van der Waals surface area contributed by atoms with Crippen molar-refractivity contribution in [2.45, 2.75) is 20.1 Å². The lowest BCUT2D eigenvalue weighted by Crippen LogP contribution is -2.12. The molecule has 0 fully saturated rings. The second-order valence-corrected chi connectivity index (χ2v) is 4.66. The van der Waals surface area contributed by atoms with Crippen molar-refractivity contribution in [3.05, 3.63) is 29.0 Å². The van der Waals surface area contributed by atoms with E-state index in [9.17, 15) is 0 Å². The third kappa shape index (κ3) is 2.94. The number of hydrogen-bond acceptors (Lipinski definition) is 5. The van der Waals surface area contributed by atoms with Gasteiger partial charge in [0, 0.05) is 18.5 Å². The monoisotopic (exact) mass is 252 g/mol. The van der Waals surface area contributed by atoms with Crippen molar-refractivity contribution in [1.29, 1.82) is 0 Å². The Morgan fingerprint density at radius 3 is 3.06 bits per heavy atom. The van der Waals surface area contributed by atoms with Crippen LogP contribution in [-0.4, -0.2) is 18.6 Å². The first kappa shape index (κ1) is 12.3. The summed E-state index contributed by atoms with van der Waals surface area (Å²) >= 11 is 1.65. The number of nitrogens with zero attached hydrogens (tertiary/aromatic N) is 1. The summed E-state index contributed by atoms with van der Waals surface area (Å²) in [5.74, 6) is 0.815. The molecule has 5 heteroatoms. The molecule has 0 amide bonds. The first-order chi connectivity index (χ1) is 8.35. The first-order valence-corrected chi connectivity index (χ1v) is 6.39. The summed E-state index contributed by atoms with van der Waals surface area (Å²) in [6.45, 7) is 4.40. The molecule has 0 aliphatic carbocycles. The van der Waals surface area contributed by atoms with Crippen LogP contribution in [0.5, 0.6) is 0 Å². The molecule has 2 heterocycles. The standard InChI is InChI=1S/C12H16N2O2S/c1-3-13-7-11-9(8-15-2)14-12(17-11)10-5-4-6-16-10/h4-6,13H,3,7-8H2,1-2H3. The van der Waals surface area contributed by atoms with E-state index >= 15 is 0 Å². The minimum atomic E-state index is 0.540. The van der Waals surface area contributed by atoms with Crippen molar-refractivity contribution < 1.29 is 9.15 Å². The van der Waals surface area contributed by atoms with Gasteiger partial charge in [-0.25, -0.2) is 4.98 Å². The lowest BCUT2D eigenvalue weighted by Gasteiger charge is -2.00. The molecule has 4 nitrogen and oxygen atoms in total. The summed E-state index contributed by atoms with van der Waals surface area (Å²) in [7, 11) is 1.68. The summed E-state index contributed by atoms with van der Waals surface area (Å²) in [5, 5.41) is 4.22. The molecule has 0 atom stereocenters. The maximum atomic E-state index is 5.36. The van der Waals surface area contributed by atoms with Crippen molar-refractivity contribution in [3.8, 4) is 10.8 Å². The van der Waals surface area contributed by atoms with Crippen LogP contribution in [0.2, 0.25) is 0 Å². The molecule has 2 rings (SSSR count). The van der Waals surface area contributed by atoms with Crippen LogP contribution in [-0.2, 0) is 17.9 Å². The highest BCUT2D eigenvalue weighted by Crippen LogP contribution is 2.28. The fourth-order valence-electron chi connectivity index (χ4n) is 1.52. The van der Waals surface area contributed by atoms with Crippen LogP contribution in [0.4, 0.5) is 0 Å². The van der Waals surface area contributed by atoms with E-state index in [4.69, 9.17) is 9.15 Å². The van der Waals surface area contributed by atoms with Crippen molar-refractivity contribution in [2.75, 3.05) is 13.7 Å². The Bertz CT molecular complexity index is 451. The van der Waals surface area contributed by atoms with Gasteiger partial charge in [0.15, 0.2) is 10.8 Å². The number of thiazole rings is 1. The van der Waals surface area contributed by atoms with Gasteiger partial charge in [0.1, 0.15) is 0 Å². The van der Waals surface area contributed by atoms with E-state index in [1.165, 1.54) is 4.88 Å². The van der Waals surface area contributed by atoms with Crippen LogP contribution in [0.15, 0.2) is 22.8 Å². The van der Waals surface area contributed by atoms with E-state index in [1.807, 2.05) is 12.1 Å². The number of ether oxygens (including phenoxy) is 1. The van der Waals surface area contributed by atoms with Crippen LogP contribution >= 0.6 is 11.3 Å². The SMILES string of the molecule is CCNCc1sc(-c2ccco2)nc1COC. The number of methoxy groups -OCH3 is 1. The van der Waals surface area contributed by atoms with E-state index in [1.54, 1.807) is 24.7 Å². The second kappa shape index (κ2) is 5.95. The Balaban J connectivity index is 2.24. The number of hydrogen-bond donors (Lipinski definition) is 1. The summed E-state index contributed by atoms with van der Waals surface area (Å²) in [6.07, 6.45) is 1.66. The largest absolute Gasteiger partial charge is 0.462 e. The highest BCUT2D eigenvalue weighted by Gasteiger charge is 2.13. The molecule has 2 aromatic heterocycles. The zero-order chi connectivity index (χ0) is 12.1. The summed E-state index contributed by atoms with van der Waals surface area (Å²) in [4.78, 5) is 5.76. The van der Waals surface area contributed by atoms with Crippen molar-refractivity contribution in [3.63, 3.8) is 0 Å². The van der Waals surface area contributed by atoms with E-state index in [0.29, 0.717) is 6.61 Å². The number of nitrogens with one attached hydrogen (secondary N) is 1. The van der Waals surface area contributed by atoms with Crippen molar-refractivity contribution >= 4 is 11.3 Å². The Hall–Kier alpha value is -1.17. The molecule has 0 saturated carbocycles. The maximum absolute atomic E-state index is 5.36. The van der Waals surface area contributed by atoms with Gasteiger partial charge in [0.2, 0.25) is 0 Å². The normalized spacial score (nSPS) is 10.9. The molecule has 2 aromatic rings. The number of furan rings is 1. The van der Waals surface area contributed by atoms with Crippen LogP contribution in [0.1, 0.15) is 17.5 Å². The molecule has 1 N–H and O–H groups in total. The van der Waals surface area contributed by atoms with E-state index in [0.717, 1.165) is 29.6 Å². The third-order valence-corrected chi connectivity index (χ3v) is 3.44. The van der Waals surface area contributed by atoms with Crippen molar-refractivity contribution in [2.24, 2.45) is 0 Å². The van der Waals surface area contributed by atoms with Crippen LogP contribution < -0.4 is 5.32 Å². The van der Waals surface area contributed by atoms with E-state index < -0.39 is 0 Å². The maximum Gasteiger partial charge on any atom is 0.162 e. The second-order valence-electron chi connectivity index (χ2n) is 3.58. The fourth-order valence-corrected chi connectivity index (χ4v) is 2.52. The van der Waals surface area contributed by atoms with Gasteiger partial charge < -0.3 is 14.5 Å². The lowest BCUT2D eigenvalue weighted by atomic mass is 10.3. The van der Waals surface area contributed by atoms with Gasteiger partial charge in [-0.05, 0) is 18.7 Å². The Morgan fingerprint density at radius 1 is 1.53 bits per heavy atom. The molecule has 0 unspecified atom stereocenters. The van der Waals surface area contributed by atoms with Gasteiger partial charge in [-0.1, -0.05) is 6.92 Å². The van der Waals surface area contributed by atoms with Crippen LogP contribution in [0, 0.1) is 0 Å². The summed E-state index contributed by atoms with van der Waals surface area (Å²) < 4.78 is 10.5. The average Bonchev–Trinajstić information content (AvgIpc) is 2.95. The summed E-state index contributed by atoms with van der Waals surface area (Å²) in [6, 6.07) is 3.79. The smallest absolute Gasteiger partial charge is 0.162 e. The predicted octanol–water partition coefficient (Wildman–Crippen LogP) is 2.66. The van der Waals surface area contributed by atoms with E-state index in [-0.39, 0.29) is 0 Å². The summed E-state index contributed by atoms with van der Waals surface area (Å²) in [5.41, 5.74) is 0.991. The third-order valence-electron chi connectivity index (χ3n) is 2.33. The van der Waals surface area contributed by atoms with Gasteiger partial charge in [-0.2, -0.15) is 0 Å². The molecule has 0 aromatic carbocycles. The molecule has 0 bridgehead atoms. The van der Waals surface area contributed by atoms with E-state index in [2.05, 4.69) is 17.2 Å². The van der Waals surface area contributed by atoms with Crippen LogP contribution in [0.25, 0.3) is 10.8 Å². The Morgan fingerprint density at radius 2 is 2.41 bits per heavy atom. The number of rotatable bonds is 6. The Kier molecular flexibility index (Phi) is 4.30. The molecular formula is C12H16N2O2S. The van der Waals surface area contributed by atoms with Gasteiger partial charge in [-0.15, -0.1) is 11.3 Å². The molecule has 92 valence electrons. The molecule has 0 aliphatic heterocycles. The van der Waals surface area contributed by atoms with Gasteiger partial charge in [0.05, 0.1) is 18.6 Å². The molecular weight excluding hydrogens is 236 g/mol. The zero-order valence-corrected chi connectivity index (χ0v) is 10.8. The highest BCUT2D eigenvalue weighted by atomic mass is 32.1. The lowest BCUT2D eigenvalue weighted by molar-refractivity contribution is 0.181. The van der Waals surface area contributed by atoms with Gasteiger partial charge in [-0.3, -0.25) is 0 Å².